The zero-order chi connectivity index (χ0) is 16.8. The molecule has 0 radical (unpaired) electrons. The molecule has 3 heterocycles. The molecule has 1 fully saturated rings. The summed E-state index contributed by atoms with van der Waals surface area (Å²) in [7, 11) is 0. The largest absolute Gasteiger partial charge is 0.465 e. The highest BCUT2D eigenvalue weighted by molar-refractivity contribution is 8.00. The number of fused-ring (bicyclic) bond motifs is 3. The minimum absolute atomic E-state index is 0.0574. The van der Waals surface area contributed by atoms with E-state index < -0.39 is 0 Å². The van der Waals surface area contributed by atoms with Crippen LogP contribution in [0.2, 0.25) is 0 Å². The van der Waals surface area contributed by atoms with Gasteiger partial charge in [0.2, 0.25) is 0 Å². The number of rotatable bonds is 4. The summed E-state index contributed by atoms with van der Waals surface area (Å²) in [6.07, 6.45) is 3.85. The van der Waals surface area contributed by atoms with Gasteiger partial charge in [-0.05, 0) is 30.7 Å². The molecule has 1 aliphatic carbocycles. The van der Waals surface area contributed by atoms with E-state index in [0.717, 1.165) is 29.5 Å². The monoisotopic (exact) mass is 364 g/mol. The lowest BCUT2D eigenvalue weighted by molar-refractivity contribution is -0.137. The van der Waals surface area contributed by atoms with Crippen molar-refractivity contribution in [2.75, 3.05) is 6.61 Å². The van der Waals surface area contributed by atoms with E-state index in [2.05, 4.69) is 13.8 Å². The predicted octanol–water partition coefficient (Wildman–Crippen LogP) is 3.01. The van der Waals surface area contributed by atoms with Crippen LogP contribution in [0.1, 0.15) is 37.1 Å². The zero-order valence-corrected chi connectivity index (χ0v) is 15.5. The van der Waals surface area contributed by atoms with Crippen molar-refractivity contribution in [1.82, 2.24) is 9.55 Å². The lowest BCUT2D eigenvalue weighted by Gasteiger charge is -2.15. The van der Waals surface area contributed by atoms with E-state index in [-0.39, 0.29) is 16.8 Å². The van der Waals surface area contributed by atoms with Crippen LogP contribution >= 0.6 is 23.1 Å². The quantitative estimate of drug-likeness (QED) is 0.616. The van der Waals surface area contributed by atoms with Gasteiger partial charge >= 0.3 is 5.97 Å². The third kappa shape index (κ3) is 2.67. The number of nitrogens with zero attached hydrogens (tertiary/aromatic N) is 2. The lowest BCUT2D eigenvalue weighted by atomic mass is 10.2. The Hall–Kier alpha value is -1.34. The molecule has 0 amide bonds. The molecule has 0 N–H and O–H groups in total. The van der Waals surface area contributed by atoms with Gasteiger partial charge in [-0.15, -0.1) is 11.3 Å². The van der Waals surface area contributed by atoms with E-state index in [1.165, 1.54) is 22.2 Å². The van der Waals surface area contributed by atoms with Crippen LogP contribution in [-0.2, 0) is 28.9 Å². The van der Waals surface area contributed by atoms with Gasteiger partial charge in [0.1, 0.15) is 10.1 Å². The summed E-state index contributed by atoms with van der Waals surface area (Å²) < 4.78 is 6.83. The second-order valence-corrected chi connectivity index (χ2v) is 9.06. The molecule has 5 nitrogen and oxygen atoms in total. The first-order chi connectivity index (χ1) is 11.5. The van der Waals surface area contributed by atoms with Crippen LogP contribution in [0, 0.1) is 5.92 Å². The number of hydrogen-bond donors (Lipinski definition) is 0. The lowest BCUT2D eigenvalue weighted by Crippen LogP contribution is -2.26. The fraction of sp³-hybridized carbons (Fsp3) is 0.588. The third-order valence-corrected chi connectivity index (χ3v) is 6.89. The Kier molecular flexibility index (Phi) is 4.16. The van der Waals surface area contributed by atoms with Gasteiger partial charge in [-0.2, -0.15) is 0 Å². The molecular weight excluding hydrogens is 344 g/mol. The molecule has 2 aliphatic rings. The molecule has 0 unspecified atom stereocenters. The molecule has 1 aliphatic heterocycles. The molecule has 2 aromatic heterocycles. The molecule has 1 atom stereocenters. The van der Waals surface area contributed by atoms with Crippen molar-refractivity contribution < 1.29 is 9.53 Å². The van der Waals surface area contributed by atoms with Crippen molar-refractivity contribution in [3.05, 3.63) is 20.8 Å². The number of thioether (sulfide) groups is 1. The minimum Gasteiger partial charge on any atom is -0.465 e. The van der Waals surface area contributed by atoms with Crippen LogP contribution in [0.5, 0.6) is 0 Å². The van der Waals surface area contributed by atoms with E-state index in [0.29, 0.717) is 30.6 Å². The van der Waals surface area contributed by atoms with E-state index in [1.54, 1.807) is 15.9 Å². The summed E-state index contributed by atoms with van der Waals surface area (Å²) in [5.41, 5.74) is 1.27. The van der Waals surface area contributed by atoms with Crippen LogP contribution in [0.15, 0.2) is 9.95 Å². The molecule has 4 rings (SSSR count). The van der Waals surface area contributed by atoms with E-state index in [9.17, 15) is 9.59 Å². The van der Waals surface area contributed by atoms with Crippen LogP contribution in [0.4, 0.5) is 0 Å². The third-order valence-electron chi connectivity index (χ3n) is 4.47. The van der Waals surface area contributed by atoms with Crippen LogP contribution < -0.4 is 5.56 Å². The van der Waals surface area contributed by atoms with Gasteiger partial charge < -0.3 is 4.74 Å². The first kappa shape index (κ1) is 16.1. The Balaban J connectivity index is 1.84. The number of ether oxygens (including phenoxy) is 1. The number of esters is 1. The summed E-state index contributed by atoms with van der Waals surface area (Å²) in [4.78, 5) is 31.9. The van der Waals surface area contributed by atoms with Gasteiger partial charge in [-0.25, -0.2) is 4.98 Å². The average molecular weight is 364 g/mol. The number of carbonyl (C=O) groups excluding carboxylic acids is 1. The second-order valence-electron chi connectivity index (χ2n) is 6.80. The van der Waals surface area contributed by atoms with Crippen molar-refractivity contribution in [3.63, 3.8) is 0 Å². The summed E-state index contributed by atoms with van der Waals surface area (Å²) >= 11 is 3.03. The summed E-state index contributed by atoms with van der Waals surface area (Å²) in [5, 5.41) is 1.22. The molecule has 2 aromatic rings. The SMILES string of the molecule is CC(C)Cn1c(S[C@H]2CCOC2=O)nc2sc3c(c2c1=O)CCC3. The highest BCUT2D eigenvalue weighted by Gasteiger charge is 2.30. The fourth-order valence-electron chi connectivity index (χ4n) is 3.39. The molecule has 128 valence electrons. The first-order valence-electron chi connectivity index (χ1n) is 8.43. The van der Waals surface area contributed by atoms with Gasteiger partial charge in [0.05, 0.1) is 12.0 Å². The first-order valence-corrected chi connectivity index (χ1v) is 10.1. The molecule has 0 aromatic carbocycles. The molecule has 24 heavy (non-hydrogen) atoms. The number of thiophene rings is 1. The number of aromatic nitrogens is 2. The molecular formula is C17H20N2O3S2. The fourth-order valence-corrected chi connectivity index (χ4v) is 5.76. The van der Waals surface area contributed by atoms with E-state index in [1.807, 2.05) is 0 Å². The van der Waals surface area contributed by atoms with Crippen LogP contribution in [0.3, 0.4) is 0 Å². The van der Waals surface area contributed by atoms with Gasteiger partial charge in [0.15, 0.2) is 5.16 Å². The van der Waals surface area contributed by atoms with Crippen molar-refractivity contribution in [2.24, 2.45) is 5.92 Å². The number of aryl methyl sites for hydroxylation is 2. The highest BCUT2D eigenvalue weighted by atomic mass is 32.2. The maximum atomic E-state index is 13.2. The Labute approximate surface area is 148 Å². The Morgan fingerprint density at radius 3 is 2.92 bits per heavy atom. The number of carbonyl (C=O) groups is 1. The smallest absolute Gasteiger partial charge is 0.319 e. The van der Waals surface area contributed by atoms with E-state index in [4.69, 9.17) is 9.72 Å². The van der Waals surface area contributed by atoms with Gasteiger partial charge in [-0.1, -0.05) is 25.6 Å². The summed E-state index contributed by atoms with van der Waals surface area (Å²) in [6.45, 7) is 5.26. The van der Waals surface area contributed by atoms with Gasteiger partial charge in [0.25, 0.3) is 5.56 Å². The van der Waals surface area contributed by atoms with Crippen molar-refractivity contribution >= 4 is 39.3 Å². The number of hydrogen-bond acceptors (Lipinski definition) is 6. The Morgan fingerprint density at radius 2 is 2.21 bits per heavy atom. The van der Waals surface area contributed by atoms with Crippen LogP contribution in [-0.4, -0.2) is 27.4 Å². The second kappa shape index (κ2) is 6.19. The highest BCUT2D eigenvalue weighted by Crippen LogP contribution is 2.36. The topological polar surface area (TPSA) is 61.2 Å². The molecule has 0 saturated carbocycles. The Bertz CT molecular complexity index is 869. The van der Waals surface area contributed by atoms with Crippen molar-refractivity contribution in [1.29, 1.82) is 0 Å². The maximum Gasteiger partial charge on any atom is 0.319 e. The van der Waals surface area contributed by atoms with E-state index >= 15 is 0 Å². The maximum absolute atomic E-state index is 13.2. The summed E-state index contributed by atoms with van der Waals surface area (Å²) in [6, 6.07) is 0. The number of cyclic esters (lactones) is 1. The normalized spacial score (nSPS) is 20.1. The van der Waals surface area contributed by atoms with Gasteiger partial charge in [-0.3, -0.25) is 14.2 Å². The molecule has 0 spiro atoms. The van der Waals surface area contributed by atoms with Crippen molar-refractivity contribution in [2.45, 2.75) is 56.5 Å². The minimum atomic E-state index is -0.250. The zero-order valence-electron chi connectivity index (χ0n) is 13.8. The summed E-state index contributed by atoms with van der Waals surface area (Å²) in [5.74, 6) is 0.141. The standard InChI is InChI=1S/C17H20N2O3S2/c1-9(2)8-19-15(20)13-10-4-3-5-11(10)23-14(13)18-17(19)24-12-6-7-22-16(12)21/h9,12H,3-8H2,1-2H3/t12-/m0/s1. The molecule has 1 saturated heterocycles. The predicted molar refractivity (Wildman–Crippen MR) is 96.0 cm³/mol. The molecule has 0 bridgehead atoms. The molecule has 7 heteroatoms. The average Bonchev–Trinajstić information content (AvgIpc) is 3.19. The Morgan fingerprint density at radius 1 is 1.38 bits per heavy atom. The van der Waals surface area contributed by atoms with Crippen LogP contribution in [0.25, 0.3) is 10.2 Å². The van der Waals surface area contributed by atoms with Crippen molar-refractivity contribution in [3.8, 4) is 0 Å². The van der Waals surface area contributed by atoms with Gasteiger partial charge in [0, 0.05) is 17.8 Å².